The Morgan fingerprint density at radius 2 is 0.800 bits per heavy atom. The van der Waals surface area contributed by atoms with Crippen LogP contribution in [0.25, 0.3) is 0 Å². The van der Waals surface area contributed by atoms with Gasteiger partial charge >= 0.3 is 167 Å². The zero-order valence-corrected chi connectivity index (χ0v) is 6.70. The van der Waals surface area contributed by atoms with Crippen molar-refractivity contribution in [3.63, 3.8) is 0 Å². The first-order valence-corrected chi connectivity index (χ1v) is 4.59. The van der Waals surface area contributed by atoms with E-state index < -0.39 is 15.6 Å². The average molecular weight is 382 g/mol. The van der Waals surface area contributed by atoms with Gasteiger partial charge in [-0.25, -0.2) is 9.13 Å². The van der Waals surface area contributed by atoms with Gasteiger partial charge in [-0.05, 0) is 0 Å². The fourth-order valence-electron chi connectivity index (χ4n) is 0.139. The van der Waals surface area contributed by atoms with E-state index in [1.54, 1.807) is 0 Å². The number of phosphoric acid groups is 2. The SMILES string of the molecule is O.O.O=P(O)(O)OP(=O)(O)O.[CaH2].[CaH2].[CaH2].[CaH2]. The van der Waals surface area contributed by atoms with Gasteiger partial charge < -0.3 is 30.5 Å². The van der Waals surface area contributed by atoms with Crippen molar-refractivity contribution in [1.82, 2.24) is 0 Å². The van der Waals surface area contributed by atoms with E-state index >= 15 is 0 Å². The van der Waals surface area contributed by atoms with Crippen molar-refractivity contribution in [2.45, 2.75) is 0 Å². The Labute approximate surface area is 205 Å². The predicted molar refractivity (Wildman–Crippen MR) is 66.6 cm³/mol. The van der Waals surface area contributed by atoms with Crippen molar-refractivity contribution in [2.75, 3.05) is 0 Å². The maximum absolute atomic E-state index is 9.63. The van der Waals surface area contributed by atoms with Crippen molar-refractivity contribution in [3.05, 3.63) is 0 Å². The quantitative estimate of drug-likeness (QED) is 0.270. The van der Waals surface area contributed by atoms with E-state index in [9.17, 15) is 9.13 Å². The molecule has 0 aliphatic heterocycles. The van der Waals surface area contributed by atoms with Crippen LogP contribution in [0.1, 0.15) is 0 Å². The first-order chi connectivity index (χ1) is 3.71. The minimum atomic E-state index is -5.05. The predicted octanol–water partition coefficient (Wildman–Crippen LogP) is -6.13. The van der Waals surface area contributed by atoms with Crippen LogP contribution in [0.3, 0.4) is 0 Å². The van der Waals surface area contributed by atoms with Crippen LogP contribution in [0.2, 0.25) is 0 Å². The summed E-state index contributed by atoms with van der Waals surface area (Å²) in [5.41, 5.74) is 0. The summed E-state index contributed by atoms with van der Waals surface area (Å²) in [6, 6.07) is 0. The topological polar surface area (TPSA) is 187 Å². The summed E-state index contributed by atoms with van der Waals surface area (Å²) >= 11 is 0. The molecule has 0 aliphatic carbocycles. The maximum atomic E-state index is 9.63. The third-order valence-electron chi connectivity index (χ3n) is 0.213. The fraction of sp³-hybridized carbons (Fsp3) is 0. The molecule has 0 amide bonds. The van der Waals surface area contributed by atoms with Gasteiger partial charge in [0.05, 0.1) is 0 Å². The molecule has 0 fully saturated rings. The summed E-state index contributed by atoms with van der Waals surface area (Å²) < 4.78 is 22.2. The molecule has 0 aromatic heterocycles. The van der Waals surface area contributed by atoms with Crippen LogP contribution in [0.5, 0.6) is 0 Å². The van der Waals surface area contributed by atoms with E-state index in [1.807, 2.05) is 0 Å². The van der Waals surface area contributed by atoms with E-state index in [2.05, 4.69) is 4.31 Å². The molecule has 0 atom stereocenters. The molecule has 15 heavy (non-hydrogen) atoms. The van der Waals surface area contributed by atoms with Crippen LogP contribution in [0, 0.1) is 0 Å². The second-order valence-corrected chi connectivity index (χ2v) is 3.68. The molecule has 0 unspecified atom stereocenters. The minimum absolute atomic E-state index is 0. The van der Waals surface area contributed by atoms with Crippen LogP contribution in [0.4, 0.5) is 0 Å². The molecule has 0 aromatic rings. The van der Waals surface area contributed by atoms with Crippen molar-refractivity contribution >= 4 is 167 Å². The normalized spacial score (nSPS) is 8.27. The van der Waals surface area contributed by atoms with Crippen molar-refractivity contribution in [1.29, 1.82) is 0 Å². The molecule has 88 valence electrons. The Balaban J connectivity index is -0.0000000213. The van der Waals surface area contributed by atoms with E-state index in [4.69, 9.17) is 19.6 Å². The molecular weight excluding hydrogens is 366 g/mol. The number of hydrogen-bond donors (Lipinski definition) is 4. The second-order valence-electron chi connectivity index (χ2n) is 1.06. The monoisotopic (exact) mass is 382 g/mol. The standard InChI is InChI=1S/4Ca.H4O7P2.2H2O.8H/c;;;;1-8(2,3)7-9(4,5)6;;;;;;;;;;/h;;;;(H2,1,2,3)(H2,4,5,6);2*1H2;;;;;;;;. The van der Waals surface area contributed by atoms with Gasteiger partial charge in [0.15, 0.2) is 0 Å². The van der Waals surface area contributed by atoms with Crippen LogP contribution in [-0.2, 0) is 13.4 Å². The summed E-state index contributed by atoms with van der Waals surface area (Å²) in [6.45, 7) is 0. The molecule has 0 rings (SSSR count). The molecule has 0 spiro atoms. The molecule has 0 bridgehead atoms. The molecule has 0 saturated carbocycles. The first kappa shape index (κ1) is 42.7. The van der Waals surface area contributed by atoms with Crippen molar-refractivity contribution in [2.24, 2.45) is 0 Å². The Bertz CT molecular complexity index is 161. The molecule has 8 N–H and O–H groups in total. The van der Waals surface area contributed by atoms with Gasteiger partial charge in [0.2, 0.25) is 0 Å². The Morgan fingerprint density at radius 3 is 0.800 bits per heavy atom. The third kappa shape index (κ3) is 45.3. The Morgan fingerprint density at radius 1 is 0.667 bits per heavy atom. The van der Waals surface area contributed by atoms with Gasteiger partial charge in [0, 0.05) is 0 Å². The molecule has 0 saturated heterocycles. The van der Waals surface area contributed by atoms with Gasteiger partial charge in [-0.2, -0.15) is 4.31 Å². The molecule has 0 heterocycles. The third-order valence-corrected chi connectivity index (χ3v) is 1.91. The first-order valence-electron chi connectivity index (χ1n) is 1.53. The van der Waals surface area contributed by atoms with E-state index in [1.165, 1.54) is 0 Å². The number of rotatable bonds is 2. The van der Waals surface area contributed by atoms with Gasteiger partial charge in [0.1, 0.15) is 0 Å². The van der Waals surface area contributed by atoms with Gasteiger partial charge in [-0.1, -0.05) is 0 Å². The Hall–Kier alpha value is 5.22. The molecule has 0 radical (unpaired) electrons. The molecular formula is H16Ca4O9P2. The number of hydrogen-bond acceptors (Lipinski definition) is 3. The summed E-state index contributed by atoms with van der Waals surface area (Å²) in [6.07, 6.45) is 0. The van der Waals surface area contributed by atoms with Crippen LogP contribution >= 0.6 is 15.6 Å². The van der Waals surface area contributed by atoms with Crippen LogP contribution in [0.15, 0.2) is 0 Å². The van der Waals surface area contributed by atoms with Crippen LogP contribution < -0.4 is 0 Å². The Kier molecular flexibility index (Phi) is 54.8. The fourth-order valence-corrected chi connectivity index (χ4v) is 1.25. The summed E-state index contributed by atoms with van der Waals surface area (Å²) in [5, 5.41) is 0. The second kappa shape index (κ2) is 19.2. The molecule has 0 aliphatic rings. The van der Waals surface area contributed by atoms with E-state index in [0.717, 1.165) is 0 Å². The van der Waals surface area contributed by atoms with Gasteiger partial charge in [-0.3, -0.25) is 0 Å². The summed E-state index contributed by atoms with van der Waals surface area (Å²) in [5.74, 6) is 0. The molecule has 15 heteroatoms. The van der Waals surface area contributed by atoms with Crippen LogP contribution in [-0.4, -0.2) is 181 Å². The molecule has 9 nitrogen and oxygen atoms in total. The van der Waals surface area contributed by atoms with Crippen molar-refractivity contribution in [3.8, 4) is 0 Å². The molecule has 0 aromatic carbocycles. The van der Waals surface area contributed by atoms with Gasteiger partial charge in [-0.15, -0.1) is 0 Å². The van der Waals surface area contributed by atoms with Crippen molar-refractivity contribution < 1.29 is 44.0 Å². The van der Waals surface area contributed by atoms with E-state index in [-0.39, 0.29) is 162 Å². The van der Waals surface area contributed by atoms with Gasteiger partial charge in [0.25, 0.3) is 0 Å². The van der Waals surface area contributed by atoms with E-state index in [0.29, 0.717) is 0 Å². The average Bonchev–Trinajstić information content (AvgIpc) is 1.14. The summed E-state index contributed by atoms with van der Waals surface area (Å²) in [7, 11) is -10.1. The summed E-state index contributed by atoms with van der Waals surface area (Å²) in [4.78, 5) is 31.0. The zero-order valence-electron chi connectivity index (χ0n) is 4.91. The zero-order chi connectivity index (χ0) is 7.71.